The predicted molar refractivity (Wildman–Crippen MR) is 64.4 cm³/mol. The number of rotatable bonds is 1. The van der Waals surface area contributed by atoms with Crippen LogP contribution in [0.25, 0.3) is 0 Å². The van der Waals surface area contributed by atoms with Gasteiger partial charge in [0.05, 0.1) is 6.54 Å². The Labute approximate surface area is 104 Å². The van der Waals surface area contributed by atoms with Crippen molar-refractivity contribution in [3.8, 4) is 0 Å². The molecular formula is C11H16BrNO3. The fraction of sp³-hybridized carbons (Fsp3) is 0.636. The molecule has 0 aromatic rings. The molecule has 0 unspecified atom stereocenters. The van der Waals surface area contributed by atoms with Crippen LogP contribution in [0.4, 0.5) is 4.79 Å². The SMILES string of the molecule is CC1=C(CBr)CN(C(=O)OC(C)(C)C)C1=O. The lowest BCUT2D eigenvalue weighted by atomic mass is 10.2. The van der Waals surface area contributed by atoms with Crippen LogP contribution in [0.5, 0.6) is 0 Å². The average molecular weight is 290 g/mol. The molecule has 1 rings (SSSR count). The third-order valence-electron chi connectivity index (χ3n) is 2.22. The molecule has 0 aromatic carbocycles. The van der Waals surface area contributed by atoms with E-state index in [1.54, 1.807) is 27.7 Å². The highest BCUT2D eigenvalue weighted by atomic mass is 79.9. The molecule has 0 atom stereocenters. The summed E-state index contributed by atoms with van der Waals surface area (Å²) < 4.78 is 5.16. The summed E-state index contributed by atoms with van der Waals surface area (Å²) in [6.07, 6.45) is -0.576. The normalized spacial score (nSPS) is 17.1. The highest BCUT2D eigenvalue weighted by Crippen LogP contribution is 2.22. The van der Waals surface area contributed by atoms with Crippen molar-refractivity contribution in [1.82, 2.24) is 4.90 Å². The second-order valence-corrected chi connectivity index (χ2v) is 5.29. The molecule has 0 saturated heterocycles. The summed E-state index contributed by atoms with van der Waals surface area (Å²) in [5.41, 5.74) is 0.973. The van der Waals surface area contributed by atoms with Crippen molar-refractivity contribution in [2.45, 2.75) is 33.3 Å². The van der Waals surface area contributed by atoms with E-state index in [-0.39, 0.29) is 5.91 Å². The van der Waals surface area contributed by atoms with Crippen LogP contribution < -0.4 is 0 Å². The Kier molecular flexibility index (Phi) is 3.78. The molecule has 0 fully saturated rings. The summed E-state index contributed by atoms with van der Waals surface area (Å²) in [6, 6.07) is 0. The van der Waals surface area contributed by atoms with Crippen LogP contribution >= 0.6 is 15.9 Å². The first-order valence-corrected chi connectivity index (χ1v) is 6.18. The van der Waals surface area contributed by atoms with Crippen molar-refractivity contribution in [3.63, 3.8) is 0 Å². The zero-order chi connectivity index (χ0) is 12.5. The van der Waals surface area contributed by atoms with Crippen LogP contribution in [0.3, 0.4) is 0 Å². The summed E-state index contributed by atoms with van der Waals surface area (Å²) in [5, 5.41) is 0.601. The second kappa shape index (κ2) is 4.57. The molecule has 0 saturated carbocycles. The van der Waals surface area contributed by atoms with Gasteiger partial charge in [0.1, 0.15) is 5.60 Å². The number of imide groups is 1. The number of carbonyl (C=O) groups excluding carboxylic acids is 2. The molecule has 0 aliphatic carbocycles. The van der Waals surface area contributed by atoms with E-state index in [0.29, 0.717) is 17.4 Å². The van der Waals surface area contributed by atoms with E-state index >= 15 is 0 Å². The minimum absolute atomic E-state index is 0.260. The lowest BCUT2D eigenvalue weighted by Gasteiger charge is -2.23. The molecule has 0 bridgehead atoms. The fourth-order valence-corrected chi connectivity index (χ4v) is 1.94. The van der Waals surface area contributed by atoms with Crippen LogP contribution in [0.1, 0.15) is 27.7 Å². The zero-order valence-electron chi connectivity index (χ0n) is 9.96. The average Bonchev–Trinajstić information content (AvgIpc) is 2.41. The van der Waals surface area contributed by atoms with Gasteiger partial charge in [-0.15, -0.1) is 0 Å². The topological polar surface area (TPSA) is 46.6 Å². The number of hydrogen-bond donors (Lipinski definition) is 0. The molecule has 0 aromatic heterocycles. The monoisotopic (exact) mass is 289 g/mol. The van der Waals surface area contributed by atoms with Gasteiger partial charge in [0.25, 0.3) is 5.91 Å². The van der Waals surface area contributed by atoms with E-state index in [0.717, 1.165) is 10.5 Å². The Morgan fingerprint density at radius 2 is 2.06 bits per heavy atom. The van der Waals surface area contributed by atoms with Gasteiger partial charge in [0.2, 0.25) is 0 Å². The van der Waals surface area contributed by atoms with Gasteiger partial charge in [0, 0.05) is 10.9 Å². The van der Waals surface area contributed by atoms with Gasteiger partial charge in [-0.2, -0.15) is 0 Å². The van der Waals surface area contributed by atoms with Crippen molar-refractivity contribution in [2.24, 2.45) is 0 Å². The maximum Gasteiger partial charge on any atom is 0.417 e. The van der Waals surface area contributed by atoms with Gasteiger partial charge in [-0.1, -0.05) is 15.9 Å². The number of halogens is 1. The van der Waals surface area contributed by atoms with Crippen molar-refractivity contribution in [1.29, 1.82) is 0 Å². The molecule has 16 heavy (non-hydrogen) atoms. The minimum Gasteiger partial charge on any atom is -0.443 e. The molecular weight excluding hydrogens is 274 g/mol. The van der Waals surface area contributed by atoms with Gasteiger partial charge in [0.15, 0.2) is 0 Å². The molecule has 90 valence electrons. The molecule has 5 heteroatoms. The first-order chi connectivity index (χ1) is 7.26. The number of hydrogen-bond acceptors (Lipinski definition) is 3. The van der Waals surface area contributed by atoms with Gasteiger partial charge >= 0.3 is 6.09 Å². The van der Waals surface area contributed by atoms with E-state index in [1.807, 2.05) is 0 Å². The molecule has 0 N–H and O–H groups in total. The van der Waals surface area contributed by atoms with Crippen molar-refractivity contribution >= 4 is 27.9 Å². The van der Waals surface area contributed by atoms with E-state index in [1.165, 1.54) is 0 Å². The minimum atomic E-state index is -0.581. The Bertz CT molecular complexity index is 355. The molecule has 1 heterocycles. The van der Waals surface area contributed by atoms with Crippen molar-refractivity contribution in [3.05, 3.63) is 11.1 Å². The first kappa shape index (κ1) is 13.2. The molecule has 1 aliphatic heterocycles. The van der Waals surface area contributed by atoms with Crippen molar-refractivity contribution < 1.29 is 14.3 Å². The molecule has 2 amide bonds. The number of alkyl halides is 1. The smallest absolute Gasteiger partial charge is 0.417 e. The van der Waals surface area contributed by atoms with Crippen LogP contribution in [0, 0.1) is 0 Å². The quantitative estimate of drug-likeness (QED) is 0.697. The lowest BCUT2D eigenvalue weighted by molar-refractivity contribution is -0.124. The highest BCUT2D eigenvalue weighted by Gasteiger charge is 2.34. The maximum absolute atomic E-state index is 11.7. The first-order valence-electron chi connectivity index (χ1n) is 5.05. The van der Waals surface area contributed by atoms with Gasteiger partial charge in [-0.3, -0.25) is 4.79 Å². The number of nitrogens with zero attached hydrogens (tertiary/aromatic N) is 1. The Morgan fingerprint density at radius 3 is 2.44 bits per heavy atom. The number of carbonyl (C=O) groups is 2. The van der Waals surface area contributed by atoms with E-state index in [4.69, 9.17) is 4.74 Å². The molecule has 1 aliphatic rings. The van der Waals surface area contributed by atoms with Gasteiger partial charge in [-0.25, -0.2) is 9.69 Å². The Morgan fingerprint density at radius 1 is 1.50 bits per heavy atom. The number of ether oxygens (including phenoxy) is 1. The second-order valence-electron chi connectivity index (χ2n) is 4.73. The zero-order valence-corrected chi connectivity index (χ0v) is 11.6. The summed E-state index contributed by atoms with van der Waals surface area (Å²) in [4.78, 5) is 24.6. The summed E-state index contributed by atoms with van der Waals surface area (Å²) in [5.74, 6) is -0.260. The largest absolute Gasteiger partial charge is 0.443 e. The van der Waals surface area contributed by atoms with Gasteiger partial charge < -0.3 is 4.74 Å². The Balaban J connectivity index is 2.74. The summed E-state index contributed by atoms with van der Waals surface area (Å²) in [7, 11) is 0. The van der Waals surface area contributed by atoms with E-state index < -0.39 is 11.7 Å². The van der Waals surface area contributed by atoms with Gasteiger partial charge in [-0.05, 0) is 33.3 Å². The number of amides is 2. The third-order valence-corrected chi connectivity index (χ3v) is 2.90. The van der Waals surface area contributed by atoms with Crippen LogP contribution in [0.15, 0.2) is 11.1 Å². The third kappa shape index (κ3) is 2.84. The molecule has 4 nitrogen and oxygen atoms in total. The van der Waals surface area contributed by atoms with E-state index in [2.05, 4.69) is 15.9 Å². The summed E-state index contributed by atoms with van der Waals surface area (Å²) in [6.45, 7) is 7.37. The lowest BCUT2D eigenvalue weighted by Crippen LogP contribution is -2.38. The summed E-state index contributed by atoms with van der Waals surface area (Å²) >= 11 is 3.29. The van der Waals surface area contributed by atoms with E-state index in [9.17, 15) is 9.59 Å². The standard InChI is InChI=1S/C11H16BrNO3/c1-7-8(5-12)6-13(9(7)14)10(15)16-11(2,3)4/h5-6H2,1-4H3. The van der Waals surface area contributed by atoms with Crippen molar-refractivity contribution in [2.75, 3.05) is 11.9 Å². The molecule has 0 radical (unpaired) electrons. The highest BCUT2D eigenvalue weighted by molar-refractivity contribution is 9.09. The van der Waals surface area contributed by atoms with Crippen LogP contribution in [0.2, 0.25) is 0 Å². The maximum atomic E-state index is 11.7. The van der Waals surface area contributed by atoms with Crippen LogP contribution in [-0.4, -0.2) is 34.4 Å². The Hall–Kier alpha value is -0.840. The molecule has 0 spiro atoms. The van der Waals surface area contributed by atoms with Crippen LogP contribution in [-0.2, 0) is 9.53 Å². The predicted octanol–water partition coefficient (Wildman–Crippen LogP) is 2.48. The fourth-order valence-electron chi connectivity index (χ4n) is 1.34.